The first-order valence-electron chi connectivity index (χ1n) is 10.7. The number of amides is 4. The summed E-state index contributed by atoms with van der Waals surface area (Å²) in [6.07, 6.45) is 0. The van der Waals surface area contributed by atoms with Crippen LogP contribution in [0, 0.1) is 19.8 Å². The molecule has 0 bridgehead atoms. The van der Waals surface area contributed by atoms with E-state index in [1.165, 1.54) is 21.7 Å². The third-order valence-electron chi connectivity index (χ3n) is 6.04. The molecule has 166 valence electrons. The van der Waals surface area contributed by atoms with Crippen molar-refractivity contribution >= 4 is 35.5 Å². The monoisotopic (exact) mass is 443 g/mol. The van der Waals surface area contributed by atoms with E-state index in [0.717, 1.165) is 25.0 Å². The van der Waals surface area contributed by atoms with Crippen molar-refractivity contribution < 1.29 is 14.4 Å². The molecule has 3 aliphatic rings. The molecule has 2 saturated heterocycles. The summed E-state index contributed by atoms with van der Waals surface area (Å²) < 4.78 is 3.03. The Labute approximate surface area is 187 Å². The number of urea groups is 1. The van der Waals surface area contributed by atoms with Gasteiger partial charge in [0, 0.05) is 38.4 Å². The molecule has 0 spiro atoms. The molecule has 4 amide bonds. The second-order valence-electron chi connectivity index (χ2n) is 8.67. The molecule has 9 heteroatoms. The summed E-state index contributed by atoms with van der Waals surface area (Å²) in [5.41, 5.74) is 4.12. The van der Waals surface area contributed by atoms with Crippen LogP contribution >= 0.6 is 11.9 Å². The Morgan fingerprint density at radius 3 is 2.55 bits per heavy atom. The lowest BCUT2D eigenvalue weighted by molar-refractivity contribution is -0.130. The summed E-state index contributed by atoms with van der Waals surface area (Å²) in [4.78, 5) is 44.2. The van der Waals surface area contributed by atoms with Gasteiger partial charge in [0.15, 0.2) is 0 Å². The number of nitrogens with one attached hydrogen (secondary N) is 2. The van der Waals surface area contributed by atoms with E-state index in [-0.39, 0.29) is 17.7 Å². The van der Waals surface area contributed by atoms with Crippen LogP contribution in [0.25, 0.3) is 0 Å². The van der Waals surface area contributed by atoms with Gasteiger partial charge in [-0.15, -0.1) is 0 Å². The average molecular weight is 444 g/mol. The van der Waals surface area contributed by atoms with Gasteiger partial charge in [0.2, 0.25) is 0 Å². The lowest BCUT2D eigenvalue weighted by Crippen LogP contribution is -2.58. The lowest BCUT2D eigenvalue weighted by Gasteiger charge is -2.37. The van der Waals surface area contributed by atoms with Gasteiger partial charge >= 0.3 is 6.03 Å². The van der Waals surface area contributed by atoms with Crippen LogP contribution < -0.4 is 14.9 Å². The van der Waals surface area contributed by atoms with Gasteiger partial charge in [-0.05, 0) is 48.9 Å². The number of hydrogen-bond acceptors (Lipinski definition) is 6. The lowest BCUT2D eigenvalue weighted by atomic mass is 10.1. The number of anilines is 1. The second kappa shape index (κ2) is 8.55. The Morgan fingerprint density at radius 2 is 1.87 bits per heavy atom. The van der Waals surface area contributed by atoms with Gasteiger partial charge in [0.05, 0.1) is 5.70 Å². The van der Waals surface area contributed by atoms with Crippen molar-refractivity contribution in [3.8, 4) is 0 Å². The molecule has 1 atom stereocenters. The molecule has 0 saturated carbocycles. The maximum atomic E-state index is 13.2. The Balaban J connectivity index is 1.45. The van der Waals surface area contributed by atoms with Gasteiger partial charge in [-0.1, -0.05) is 26.0 Å². The second-order valence-corrected chi connectivity index (χ2v) is 9.51. The van der Waals surface area contributed by atoms with Crippen LogP contribution in [-0.2, 0) is 9.59 Å². The van der Waals surface area contributed by atoms with Crippen molar-refractivity contribution in [3.63, 3.8) is 0 Å². The molecular weight excluding hydrogens is 414 g/mol. The van der Waals surface area contributed by atoms with E-state index >= 15 is 0 Å². The number of fused-ring (bicyclic) bond motifs is 1. The van der Waals surface area contributed by atoms with E-state index in [0.29, 0.717) is 30.2 Å². The fourth-order valence-electron chi connectivity index (χ4n) is 4.17. The first-order chi connectivity index (χ1) is 14.8. The summed E-state index contributed by atoms with van der Waals surface area (Å²) in [5, 5.41) is 2.79. The predicted octanol–water partition coefficient (Wildman–Crippen LogP) is 1.99. The molecule has 3 aliphatic heterocycles. The summed E-state index contributed by atoms with van der Waals surface area (Å²) in [6.45, 7) is 11.2. The minimum atomic E-state index is -0.684. The van der Waals surface area contributed by atoms with Crippen molar-refractivity contribution in [1.82, 2.24) is 19.8 Å². The highest BCUT2D eigenvalue weighted by atomic mass is 32.2. The van der Waals surface area contributed by atoms with Gasteiger partial charge in [-0.2, -0.15) is 0 Å². The summed E-state index contributed by atoms with van der Waals surface area (Å²) in [6, 6.07) is 5.15. The average Bonchev–Trinajstić information content (AvgIpc) is 3.16. The minimum Gasteiger partial charge on any atom is -0.368 e. The van der Waals surface area contributed by atoms with Gasteiger partial charge in [-0.3, -0.25) is 14.5 Å². The van der Waals surface area contributed by atoms with Crippen LogP contribution in [-0.4, -0.2) is 66.4 Å². The SMILES string of the molecule is Cc1cccc(N2CCN(C(=O)C3=C4NC(=O)N(CC(C)C)C(=O)C4NS3)CC2)c1C. The molecule has 2 fully saturated rings. The van der Waals surface area contributed by atoms with Crippen LogP contribution in [0.1, 0.15) is 25.0 Å². The Kier molecular flexibility index (Phi) is 5.98. The molecule has 3 heterocycles. The molecule has 2 N–H and O–H groups in total. The number of benzene rings is 1. The zero-order chi connectivity index (χ0) is 22.3. The molecular formula is C22H29N5O3S. The van der Waals surface area contributed by atoms with E-state index in [1.807, 2.05) is 13.8 Å². The molecule has 0 radical (unpaired) electrons. The molecule has 1 unspecified atom stereocenters. The summed E-state index contributed by atoms with van der Waals surface area (Å²) in [5.74, 6) is -0.271. The standard InChI is InChI=1S/C22H29N5O3S/c1-13(2)12-27-20(28)18-17(23-22(27)30)19(31-24-18)21(29)26-10-8-25(9-11-26)16-7-5-6-14(3)15(16)4/h5-7,13,18,24H,8-12H2,1-4H3,(H,23,30). The van der Waals surface area contributed by atoms with Crippen LogP contribution in [0.15, 0.2) is 28.8 Å². The fraction of sp³-hybridized carbons (Fsp3) is 0.500. The van der Waals surface area contributed by atoms with Crippen molar-refractivity contribution in [3.05, 3.63) is 39.9 Å². The van der Waals surface area contributed by atoms with Gasteiger partial charge in [0.25, 0.3) is 11.8 Å². The fourth-order valence-corrected chi connectivity index (χ4v) is 5.12. The highest BCUT2D eigenvalue weighted by Gasteiger charge is 2.45. The van der Waals surface area contributed by atoms with E-state index in [9.17, 15) is 14.4 Å². The first-order valence-corrected chi connectivity index (χ1v) is 11.5. The molecule has 8 nitrogen and oxygen atoms in total. The highest BCUT2D eigenvalue weighted by Crippen LogP contribution is 2.32. The Morgan fingerprint density at radius 1 is 1.16 bits per heavy atom. The van der Waals surface area contributed by atoms with Gasteiger partial charge < -0.3 is 15.1 Å². The maximum absolute atomic E-state index is 13.2. The molecule has 1 aromatic rings. The zero-order valence-electron chi connectivity index (χ0n) is 18.4. The van der Waals surface area contributed by atoms with E-state index < -0.39 is 12.1 Å². The maximum Gasteiger partial charge on any atom is 0.328 e. The summed E-state index contributed by atoms with van der Waals surface area (Å²) >= 11 is 1.14. The highest BCUT2D eigenvalue weighted by molar-refractivity contribution is 8.02. The number of aryl methyl sites for hydroxylation is 1. The van der Waals surface area contributed by atoms with Crippen molar-refractivity contribution in [2.75, 3.05) is 37.6 Å². The number of carbonyl (C=O) groups excluding carboxylic acids is 3. The molecule has 1 aromatic carbocycles. The zero-order valence-corrected chi connectivity index (χ0v) is 19.2. The van der Waals surface area contributed by atoms with Crippen LogP contribution in [0.3, 0.4) is 0 Å². The van der Waals surface area contributed by atoms with Gasteiger partial charge in [0.1, 0.15) is 10.9 Å². The number of imide groups is 1. The number of hydrogen-bond donors (Lipinski definition) is 2. The van der Waals surface area contributed by atoms with Crippen molar-refractivity contribution in [2.24, 2.45) is 5.92 Å². The van der Waals surface area contributed by atoms with E-state index in [1.54, 1.807) is 4.90 Å². The van der Waals surface area contributed by atoms with E-state index in [4.69, 9.17) is 0 Å². The largest absolute Gasteiger partial charge is 0.368 e. The molecule has 4 rings (SSSR count). The third-order valence-corrected chi connectivity index (χ3v) is 6.99. The number of rotatable bonds is 4. The van der Waals surface area contributed by atoms with Gasteiger partial charge in [-0.25, -0.2) is 9.52 Å². The smallest absolute Gasteiger partial charge is 0.328 e. The van der Waals surface area contributed by atoms with Crippen molar-refractivity contribution in [1.29, 1.82) is 0 Å². The first kappa shape index (κ1) is 21.7. The number of piperazine rings is 1. The van der Waals surface area contributed by atoms with Crippen LogP contribution in [0.4, 0.5) is 10.5 Å². The molecule has 31 heavy (non-hydrogen) atoms. The molecule has 0 aliphatic carbocycles. The third kappa shape index (κ3) is 4.04. The summed E-state index contributed by atoms with van der Waals surface area (Å²) in [7, 11) is 0. The minimum absolute atomic E-state index is 0.138. The topological polar surface area (TPSA) is 85.0 Å². The predicted molar refractivity (Wildman–Crippen MR) is 121 cm³/mol. The van der Waals surface area contributed by atoms with Crippen LogP contribution in [0.2, 0.25) is 0 Å². The quantitative estimate of drug-likeness (QED) is 0.693. The normalized spacial score (nSPS) is 21.7. The number of carbonyl (C=O) groups is 3. The van der Waals surface area contributed by atoms with E-state index in [2.05, 4.69) is 47.0 Å². The molecule has 0 aromatic heterocycles. The van der Waals surface area contributed by atoms with Crippen molar-refractivity contribution in [2.45, 2.75) is 33.7 Å². The number of nitrogens with zero attached hydrogens (tertiary/aromatic N) is 3. The van der Waals surface area contributed by atoms with Crippen LogP contribution in [0.5, 0.6) is 0 Å². The Bertz CT molecular complexity index is 952. The Hall–Kier alpha value is -2.52.